The number of nitrogens with zero attached hydrogens (tertiary/aromatic N) is 2. The molecule has 0 saturated heterocycles. The second kappa shape index (κ2) is 6.40. The molecule has 2 heterocycles. The van der Waals surface area contributed by atoms with E-state index in [0.717, 1.165) is 17.7 Å². The Labute approximate surface area is 134 Å². The van der Waals surface area contributed by atoms with Gasteiger partial charge < -0.3 is 10.6 Å². The molecule has 0 fully saturated rings. The number of amides is 1. The Morgan fingerprint density at radius 2 is 2.22 bits per heavy atom. The van der Waals surface area contributed by atoms with Gasteiger partial charge >= 0.3 is 0 Å². The molecule has 1 aliphatic rings. The molecule has 2 N–H and O–H groups in total. The van der Waals surface area contributed by atoms with Crippen LogP contribution in [0.5, 0.6) is 0 Å². The Balaban J connectivity index is 1.68. The summed E-state index contributed by atoms with van der Waals surface area (Å²) in [5, 5.41) is 10.1. The molecular formula is C17H21FN4O. The van der Waals surface area contributed by atoms with Crippen molar-refractivity contribution in [3.05, 3.63) is 41.5 Å². The second-order valence-electron chi connectivity index (χ2n) is 6.36. The predicted molar refractivity (Wildman–Crippen MR) is 87.7 cm³/mol. The normalized spacial score (nSPS) is 13.8. The number of benzene rings is 1. The number of anilines is 2. The van der Waals surface area contributed by atoms with E-state index in [1.54, 1.807) is 12.3 Å². The van der Waals surface area contributed by atoms with Crippen molar-refractivity contribution in [2.45, 2.75) is 39.8 Å². The van der Waals surface area contributed by atoms with Gasteiger partial charge in [-0.2, -0.15) is 5.10 Å². The third-order valence-corrected chi connectivity index (χ3v) is 3.81. The van der Waals surface area contributed by atoms with Crippen LogP contribution < -0.4 is 10.6 Å². The summed E-state index contributed by atoms with van der Waals surface area (Å²) < 4.78 is 16.1. The van der Waals surface area contributed by atoms with Crippen LogP contribution in [0.4, 0.5) is 15.8 Å². The highest BCUT2D eigenvalue weighted by Gasteiger charge is 2.17. The van der Waals surface area contributed by atoms with Gasteiger partial charge in [-0.15, -0.1) is 0 Å². The minimum atomic E-state index is -0.361. The Morgan fingerprint density at radius 1 is 1.39 bits per heavy atom. The molecule has 1 aromatic heterocycles. The first-order chi connectivity index (χ1) is 11.0. The van der Waals surface area contributed by atoms with Crippen LogP contribution >= 0.6 is 0 Å². The van der Waals surface area contributed by atoms with E-state index in [2.05, 4.69) is 29.6 Å². The maximum absolute atomic E-state index is 14.1. The molecule has 0 radical (unpaired) electrons. The first-order valence-corrected chi connectivity index (χ1v) is 7.88. The summed E-state index contributed by atoms with van der Waals surface area (Å²) >= 11 is 0. The Hall–Kier alpha value is -2.37. The average Bonchev–Trinajstić information content (AvgIpc) is 2.91. The quantitative estimate of drug-likeness (QED) is 0.891. The van der Waals surface area contributed by atoms with E-state index < -0.39 is 0 Å². The summed E-state index contributed by atoms with van der Waals surface area (Å²) in [4.78, 5) is 11.4. The van der Waals surface area contributed by atoms with E-state index in [-0.39, 0.29) is 11.7 Å². The van der Waals surface area contributed by atoms with Crippen molar-refractivity contribution in [3.63, 3.8) is 0 Å². The molecule has 23 heavy (non-hydrogen) atoms. The van der Waals surface area contributed by atoms with E-state index in [1.807, 2.05) is 10.9 Å². The van der Waals surface area contributed by atoms with Gasteiger partial charge in [0.1, 0.15) is 5.82 Å². The predicted octanol–water partition coefficient (Wildman–Crippen LogP) is 3.18. The molecule has 1 amide bonds. The number of aromatic nitrogens is 2. The number of fused-ring (bicyclic) bond motifs is 1. The summed E-state index contributed by atoms with van der Waals surface area (Å²) in [5.41, 5.74) is 3.01. The van der Waals surface area contributed by atoms with Gasteiger partial charge in [-0.3, -0.25) is 9.48 Å². The van der Waals surface area contributed by atoms with Crippen molar-refractivity contribution in [1.82, 2.24) is 9.78 Å². The third-order valence-electron chi connectivity index (χ3n) is 3.81. The highest BCUT2D eigenvalue weighted by atomic mass is 19.1. The van der Waals surface area contributed by atoms with Crippen LogP contribution in [0.3, 0.4) is 0 Å². The zero-order valence-electron chi connectivity index (χ0n) is 13.4. The van der Waals surface area contributed by atoms with Gasteiger partial charge in [-0.05, 0) is 30.0 Å². The van der Waals surface area contributed by atoms with E-state index in [1.165, 1.54) is 6.07 Å². The number of halogens is 1. The van der Waals surface area contributed by atoms with Crippen molar-refractivity contribution < 1.29 is 9.18 Å². The first kappa shape index (κ1) is 15.5. The molecule has 0 atom stereocenters. The Morgan fingerprint density at radius 3 is 3.00 bits per heavy atom. The molecule has 0 unspecified atom stereocenters. The third kappa shape index (κ3) is 3.70. The molecule has 2 aromatic rings. The molecule has 0 aliphatic carbocycles. The van der Waals surface area contributed by atoms with Crippen LogP contribution in [0, 0.1) is 11.7 Å². The SMILES string of the molecule is CC(C)Cn1cc(CNc2cc3c(cc2F)NC(=O)CC3)cn1. The molecule has 0 spiro atoms. The molecule has 0 saturated carbocycles. The largest absolute Gasteiger partial charge is 0.378 e. The van der Waals surface area contributed by atoms with E-state index in [4.69, 9.17) is 0 Å². The highest BCUT2D eigenvalue weighted by molar-refractivity contribution is 5.94. The Bertz CT molecular complexity index is 723. The topological polar surface area (TPSA) is 59.0 Å². The summed E-state index contributed by atoms with van der Waals surface area (Å²) in [5.74, 6) is 0.111. The van der Waals surface area contributed by atoms with Gasteiger partial charge in [0.25, 0.3) is 0 Å². The fraction of sp³-hybridized carbons (Fsp3) is 0.412. The minimum absolute atomic E-state index is 0.0600. The van der Waals surface area contributed by atoms with Crippen LogP contribution in [-0.2, 0) is 24.3 Å². The van der Waals surface area contributed by atoms with Crippen molar-refractivity contribution in [3.8, 4) is 0 Å². The number of hydrogen-bond donors (Lipinski definition) is 2. The van der Waals surface area contributed by atoms with Crippen LogP contribution in [-0.4, -0.2) is 15.7 Å². The number of carbonyl (C=O) groups excluding carboxylic acids is 1. The smallest absolute Gasteiger partial charge is 0.224 e. The Kier molecular flexibility index (Phi) is 4.32. The zero-order chi connectivity index (χ0) is 16.4. The lowest BCUT2D eigenvalue weighted by Gasteiger charge is -2.18. The minimum Gasteiger partial charge on any atom is -0.378 e. The van der Waals surface area contributed by atoms with Gasteiger partial charge in [-0.25, -0.2) is 4.39 Å². The maximum Gasteiger partial charge on any atom is 0.224 e. The lowest BCUT2D eigenvalue weighted by atomic mass is 10.0. The van der Waals surface area contributed by atoms with Gasteiger partial charge in [0.05, 0.1) is 11.9 Å². The summed E-state index contributed by atoms with van der Waals surface area (Å²) in [6, 6.07) is 3.17. The van der Waals surface area contributed by atoms with Crippen molar-refractivity contribution in [2.24, 2.45) is 5.92 Å². The van der Waals surface area contributed by atoms with Gasteiger partial charge in [0, 0.05) is 37.0 Å². The fourth-order valence-electron chi connectivity index (χ4n) is 2.71. The van der Waals surface area contributed by atoms with Gasteiger partial charge in [-0.1, -0.05) is 13.8 Å². The average molecular weight is 316 g/mol. The molecule has 0 bridgehead atoms. The lowest BCUT2D eigenvalue weighted by Crippen LogP contribution is -2.19. The molecule has 3 rings (SSSR count). The van der Waals surface area contributed by atoms with Crippen molar-refractivity contribution in [2.75, 3.05) is 10.6 Å². The zero-order valence-corrected chi connectivity index (χ0v) is 13.4. The highest BCUT2D eigenvalue weighted by Crippen LogP contribution is 2.28. The molecule has 5 nitrogen and oxygen atoms in total. The van der Waals surface area contributed by atoms with Crippen LogP contribution in [0.1, 0.15) is 31.4 Å². The molecule has 122 valence electrons. The van der Waals surface area contributed by atoms with E-state index >= 15 is 0 Å². The monoisotopic (exact) mass is 316 g/mol. The molecule has 1 aromatic carbocycles. The van der Waals surface area contributed by atoms with Crippen LogP contribution in [0.25, 0.3) is 0 Å². The van der Waals surface area contributed by atoms with Crippen molar-refractivity contribution in [1.29, 1.82) is 0 Å². The van der Waals surface area contributed by atoms with Gasteiger partial charge in [0.15, 0.2) is 0 Å². The molecule has 1 aliphatic heterocycles. The van der Waals surface area contributed by atoms with Crippen LogP contribution in [0.2, 0.25) is 0 Å². The van der Waals surface area contributed by atoms with Crippen LogP contribution in [0.15, 0.2) is 24.5 Å². The summed E-state index contributed by atoms with van der Waals surface area (Å²) in [6.45, 7) is 5.66. The number of nitrogens with one attached hydrogen (secondary N) is 2. The molecular weight excluding hydrogens is 295 g/mol. The lowest BCUT2D eigenvalue weighted by molar-refractivity contribution is -0.116. The van der Waals surface area contributed by atoms with Crippen molar-refractivity contribution >= 4 is 17.3 Å². The van der Waals surface area contributed by atoms with Gasteiger partial charge in [0.2, 0.25) is 5.91 Å². The second-order valence-corrected chi connectivity index (χ2v) is 6.36. The van der Waals surface area contributed by atoms with E-state index in [0.29, 0.717) is 36.7 Å². The fourth-order valence-corrected chi connectivity index (χ4v) is 2.71. The number of rotatable bonds is 5. The summed E-state index contributed by atoms with van der Waals surface area (Å²) in [6.07, 6.45) is 4.86. The maximum atomic E-state index is 14.1. The number of carbonyl (C=O) groups is 1. The molecule has 6 heteroatoms. The first-order valence-electron chi connectivity index (χ1n) is 7.88. The summed E-state index contributed by atoms with van der Waals surface area (Å²) in [7, 11) is 0. The number of aryl methyl sites for hydroxylation is 1. The number of hydrogen-bond acceptors (Lipinski definition) is 3. The standard InChI is InChI=1S/C17H21FN4O/c1-11(2)9-22-10-12(8-20-22)7-19-16-5-13-3-4-17(23)21-15(13)6-14(16)18/h5-6,8,10-11,19H,3-4,7,9H2,1-2H3,(H,21,23). The van der Waals surface area contributed by atoms with E-state index in [9.17, 15) is 9.18 Å².